The molecule has 120 valence electrons. The van der Waals surface area contributed by atoms with Crippen LogP contribution in [0.15, 0.2) is 53.4 Å². The number of hydrogen-bond acceptors (Lipinski definition) is 2. The van der Waals surface area contributed by atoms with Crippen LogP contribution in [0.4, 0.5) is 4.39 Å². The molecular weight excluding hydrogens is 313 g/mol. The highest BCUT2D eigenvalue weighted by Gasteiger charge is 2.33. The molecule has 1 aliphatic carbocycles. The van der Waals surface area contributed by atoms with E-state index < -0.39 is 10.8 Å². The van der Waals surface area contributed by atoms with E-state index in [1.807, 2.05) is 0 Å². The van der Waals surface area contributed by atoms with E-state index in [1.165, 1.54) is 6.07 Å². The summed E-state index contributed by atoms with van der Waals surface area (Å²) in [5.74, 6) is -0.396. The second-order valence-corrected chi connectivity index (χ2v) is 7.11. The Bertz CT molecular complexity index is 741. The third kappa shape index (κ3) is 3.67. The number of benzene rings is 2. The lowest BCUT2D eigenvalue weighted by Crippen LogP contribution is -2.32. The van der Waals surface area contributed by atoms with Crippen LogP contribution in [0.2, 0.25) is 0 Å². The van der Waals surface area contributed by atoms with Gasteiger partial charge in [0.25, 0.3) is 5.91 Å². The Hall–Kier alpha value is -2.01. The molecule has 0 radical (unpaired) electrons. The van der Waals surface area contributed by atoms with Crippen molar-refractivity contribution in [3.63, 3.8) is 0 Å². The van der Waals surface area contributed by atoms with Crippen LogP contribution in [0, 0.1) is 5.82 Å². The van der Waals surface area contributed by atoms with Gasteiger partial charge in [-0.2, -0.15) is 0 Å². The Kier molecular flexibility index (Phi) is 4.57. The summed E-state index contributed by atoms with van der Waals surface area (Å²) >= 11 is 0. The summed E-state index contributed by atoms with van der Waals surface area (Å²) in [6.45, 7) is 0.275. The predicted molar refractivity (Wildman–Crippen MR) is 88.1 cm³/mol. The van der Waals surface area contributed by atoms with Crippen LogP contribution < -0.4 is 0 Å². The van der Waals surface area contributed by atoms with Gasteiger partial charge in [0.2, 0.25) is 0 Å². The van der Waals surface area contributed by atoms with E-state index in [-0.39, 0.29) is 24.3 Å². The lowest BCUT2D eigenvalue weighted by atomic mass is 10.1. The molecule has 1 atom stereocenters. The summed E-state index contributed by atoms with van der Waals surface area (Å²) in [5.41, 5.74) is 1.07. The van der Waals surface area contributed by atoms with Crippen LogP contribution in [-0.4, -0.2) is 27.3 Å². The molecular formula is C18H18FNO2S. The fraction of sp³-hybridized carbons (Fsp3) is 0.278. The first kappa shape index (κ1) is 15.9. The van der Waals surface area contributed by atoms with Gasteiger partial charge in [0.15, 0.2) is 0 Å². The molecule has 1 amide bonds. The summed E-state index contributed by atoms with van der Waals surface area (Å²) < 4.78 is 25.3. The van der Waals surface area contributed by atoms with Gasteiger partial charge < -0.3 is 4.90 Å². The summed E-state index contributed by atoms with van der Waals surface area (Å²) in [5, 5.41) is 0. The highest BCUT2D eigenvalue weighted by Crippen LogP contribution is 2.30. The minimum Gasteiger partial charge on any atom is -0.331 e. The van der Waals surface area contributed by atoms with E-state index in [4.69, 9.17) is 0 Å². The first-order valence-electron chi connectivity index (χ1n) is 7.54. The molecule has 0 heterocycles. The summed E-state index contributed by atoms with van der Waals surface area (Å²) in [7, 11) is -1.07. The zero-order valence-electron chi connectivity index (χ0n) is 12.9. The van der Waals surface area contributed by atoms with Gasteiger partial charge in [-0.05, 0) is 43.2 Å². The van der Waals surface area contributed by atoms with Crippen LogP contribution in [-0.2, 0) is 17.3 Å². The molecule has 3 rings (SSSR count). The number of nitrogens with zero attached hydrogens (tertiary/aromatic N) is 1. The Morgan fingerprint density at radius 3 is 2.39 bits per heavy atom. The van der Waals surface area contributed by atoms with E-state index in [2.05, 4.69) is 0 Å². The summed E-state index contributed by atoms with van der Waals surface area (Å²) in [6, 6.07) is 13.5. The topological polar surface area (TPSA) is 37.4 Å². The third-order valence-electron chi connectivity index (χ3n) is 3.98. The zero-order valence-corrected chi connectivity index (χ0v) is 13.7. The molecule has 0 bridgehead atoms. The highest BCUT2D eigenvalue weighted by atomic mass is 32.2. The fourth-order valence-electron chi connectivity index (χ4n) is 2.52. The van der Waals surface area contributed by atoms with Crippen LogP contribution >= 0.6 is 0 Å². The maximum atomic E-state index is 13.9. The Balaban J connectivity index is 1.82. The normalized spacial score (nSPS) is 15.2. The van der Waals surface area contributed by atoms with Crippen molar-refractivity contribution < 1.29 is 13.4 Å². The molecule has 1 saturated carbocycles. The molecule has 0 aliphatic heterocycles. The monoisotopic (exact) mass is 331 g/mol. The first-order chi connectivity index (χ1) is 11.1. The fourth-order valence-corrected chi connectivity index (χ4v) is 3.04. The van der Waals surface area contributed by atoms with E-state index in [0.29, 0.717) is 16.0 Å². The van der Waals surface area contributed by atoms with Crippen molar-refractivity contribution in [2.45, 2.75) is 30.3 Å². The van der Waals surface area contributed by atoms with Crippen LogP contribution in [0.1, 0.15) is 28.8 Å². The van der Waals surface area contributed by atoms with Crippen LogP contribution in [0.25, 0.3) is 0 Å². The van der Waals surface area contributed by atoms with Crippen molar-refractivity contribution in [3.05, 3.63) is 65.5 Å². The lowest BCUT2D eigenvalue weighted by Gasteiger charge is -2.23. The molecule has 1 fully saturated rings. The number of hydrogen-bond donors (Lipinski definition) is 0. The molecule has 0 spiro atoms. The Morgan fingerprint density at radius 1 is 1.17 bits per heavy atom. The largest absolute Gasteiger partial charge is 0.331 e. The molecule has 1 aliphatic rings. The molecule has 2 aromatic carbocycles. The second-order valence-electron chi connectivity index (χ2n) is 5.73. The van der Waals surface area contributed by atoms with Gasteiger partial charge in [0.05, 0.1) is 0 Å². The van der Waals surface area contributed by atoms with E-state index >= 15 is 0 Å². The highest BCUT2D eigenvalue weighted by molar-refractivity contribution is 7.84. The van der Waals surface area contributed by atoms with Gasteiger partial charge in [-0.25, -0.2) is 4.39 Å². The van der Waals surface area contributed by atoms with Crippen molar-refractivity contribution in [3.8, 4) is 0 Å². The Morgan fingerprint density at radius 2 is 1.83 bits per heavy atom. The predicted octanol–water partition coefficient (Wildman–Crippen LogP) is 3.37. The molecule has 0 aromatic heterocycles. The molecule has 2 aromatic rings. The van der Waals surface area contributed by atoms with Crippen LogP contribution in [0.5, 0.6) is 0 Å². The lowest BCUT2D eigenvalue weighted by molar-refractivity contribution is 0.0728. The van der Waals surface area contributed by atoms with E-state index in [0.717, 1.165) is 12.8 Å². The van der Waals surface area contributed by atoms with Crippen molar-refractivity contribution in [1.29, 1.82) is 0 Å². The van der Waals surface area contributed by atoms with E-state index in [9.17, 15) is 13.4 Å². The van der Waals surface area contributed by atoms with Crippen LogP contribution in [0.3, 0.4) is 0 Å². The number of rotatable bonds is 5. The molecule has 3 nitrogen and oxygen atoms in total. The number of halogens is 1. The van der Waals surface area contributed by atoms with E-state index in [1.54, 1.807) is 53.6 Å². The maximum absolute atomic E-state index is 13.9. The van der Waals surface area contributed by atoms with Gasteiger partial charge in [-0.1, -0.05) is 18.2 Å². The smallest absolute Gasteiger partial charge is 0.254 e. The van der Waals surface area contributed by atoms with Gasteiger partial charge in [-0.3, -0.25) is 9.00 Å². The van der Waals surface area contributed by atoms with Gasteiger partial charge in [-0.15, -0.1) is 0 Å². The van der Waals surface area contributed by atoms with Crippen molar-refractivity contribution >= 4 is 16.7 Å². The molecule has 23 heavy (non-hydrogen) atoms. The summed E-state index contributed by atoms with van der Waals surface area (Å²) in [6.07, 6.45) is 3.51. The van der Waals surface area contributed by atoms with Crippen molar-refractivity contribution in [1.82, 2.24) is 4.90 Å². The van der Waals surface area contributed by atoms with Crippen molar-refractivity contribution in [2.75, 3.05) is 6.26 Å². The minimum absolute atomic E-state index is 0.107. The number of carbonyl (C=O) groups is 1. The molecule has 5 heteroatoms. The SMILES string of the molecule is CS(=O)c1ccc(C(=O)N(Cc2ccccc2F)C2CC2)cc1. The van der Waals surface area contributed by atoms with Gasteiger partial charge in [0, 0.05) is 45.7 Å². The maximum Gasteiger partial charge on any atom is 0.254 e. The standard InChI is InChI=1S/C18H18FNO2S/c1-23(22)16-10-6-13(7-11-16)18(21)20(15-8-9-15)12-14-4-2-3-5-17(14)19/h2-7,10-11,15H,8-9,12H2,1H3. The second kappa shape index (κ2) is 6.62. The van der Waals surface area contributed by atoms with Crippen molar-refractivity contribution in [2.24, 2.45) is 0 Å². The number of carbonyl (C=O) groups excluding carboxylic acids is 1. The minimum atomic E-state index is -1.07. The average Bonchev–Trinajstić information content (AvgIpc) is 3.38. The first-order valence-corrected chi connectivity index (χ1v) is 9.10. The zero-order chi connectivity index (χ0) is 16.4. The Labute approximate surface area is 137 Å². The van der Waals surface area contributed by atoms with Gasteiger partial charge >= 0.3 is 0 Å². The average molecular weight is 331 g/mol. The molecule has 1 unspecified atom stereocenters. The van der Waals surface area contributed by atoms with Gasteiger partial charge in [0.1, 0.15) is 5.82 Å². The summed E-state index contributed by atoms with van der Waals surface area (Å²) in [4.78, 5) is 15.2. The number of amides is 1. The molecule has 0 N–H and O–H groups in total. The quantitative estimate of drug-likeness (QED) is 0.842. The third-order valence-corrected chi connectivity index (χ3v) is 4.92. The molecule has 0 saturated heterocycles.